The number of carbonyl (C=O) groups is 1. The normalized spacial score (nSPS) is 23.4. The number of hydrogen-bond donors (Lipinski definition) is 3. The van der Waals surface area contributed by atoms with Crippen LogP contribution >= 0.6 is 0 Å². The first-order valence-electron chi connectivity index (χ1n) is 6.42. The molecule has 3 N–H and O–H groups in total. The zero-order valence-electron chi connectivity index (χ0n) is 10.8. The van der Waals surface area contributed by atoms with Gasteiger partial charge in [0.05, 0.1) is 16.6 Å². The van der Waals surface area contributed by atoms with Gasteiger partial charge in [0.25, 0.3) is 0 Å². The second-order valence-electron chi connectivity index (χ2n) is 4.96. The summed E-state index contributed by atoms with van der Waals surface area (Å²) >= 11 is 0. The van der Waals surface area contributed by atoms with Crippen LogP contribution in [0.2, 0.25) is 0 Å². The van der Waals surface area contributed by atoms with Gasteiger partial charge in [0.2, 0.25) is 10.0 Å². The summed E-state index contributed by atoms with van der Waals surface area (Å²) < 4.78 is 26.9. The van der Waals surface area contributed by atoms with Gasteiger partial charge in [-0.15, -0.1) is 0 Å². The molecule has 1 aromatic carbocycles. The molecular formula is C13H17NO5S. The maximum Gasteiger partial charge on any atom is 0.335 e. The van der Waals surface area contributed by atoms with Gasteiger partial charge in [-0.1, -0.05) is 0 Å². The Kier molecular flexibility index (Phi) is 4.42. The molecule has 2 rings (SSSR count). The Bertz CT molecular complexity index is 573. The van der Waals surface area contributed by atoms with Gasteiger partial charge in [-0.25, -0.2) is 17.9 Å². The molecule has 0 bridgehead atoms. The summed E-state index contributed by atoms with van der Waals surface area (Å²) in [5, 5.41) is 18.2. The average Bonchev–Trinajstić information content (AvgIpc) is 2.41. The number of hydrogen-bond acceptors (Lipinski definition) is 4. The Morgan fingerprint density at radius 2 is 1.65 bits per heavy atom. The van der Waals surface area contributed by atoms with Crippen LogP contribution in [0.3, 0.4) is 0 Å². The van der Waals surface area contributed by atoms with Crippen molar-refractivity contribution in [2.24, 2.45) is 0 Å². The lowest BCUT2D eigenvalue weighted by Crippen LogP contribution is -2.38. The number of nitrogens with one attached hydrogen (secondary N) is 1. The van der Waals surface area contributed by atoms with Gasteiger partial charge in [-0.2, -0.15) is 0 Å². The van der Waals surface area contributed by atoms with Gasteiger partial charge in [0.1, 0.15) is 0 Å². The maximum absolute atomic E-state index is 12.1. The number of aromatic carboxylic acids is 1. The molecule has 0 heterocycles. The molecule has 0 atom stereocenters. The number of rotatable bonds is 4. The second kappa shape index (κ2) is 5.90. The zero-order valence-corrected chi connectivity index (χ0v) is 11.6. The van der Waals surface area contributed by atoms with Crippen LogP contribution in [0, 0.1) is 0 Å². The Labute approximate surface area is 117 Å². The molecule has 0 saturated heterocycles. The van der Waals surface area contributed by atoms with Crippen LogP contribution < -0.4 is 4.72 Å². The highest BCUT2D eigenvalue weighted by atomic mass is 32.2. The molecule has 0 unspecified atom stereocenters. The van der Waals surface area contributed by atoms with Crippen LogP contribution in [0.4, 0.5) is 0 Å². The van der Waals surface area contributed by atoms with Gasteiger partial charge in [-0.05, 0) is 49.9 Å². The highest BCUT2D eigenvalue weighted by molar-refractivity contribution is 7.89. The van der Waals surface area contributed by atoms with Crippen LogP contribution in [0.15, 0.2) is 29.2 Å². The van der Waals surface area contributed by atoms with E-state index in [2.05, 4.69) is 4.72 Å². The van der Waals surface area contributed by atoms with Crippen molar-refractivity contribution < 1.29 is 23.4 Å². The molecule has 0 aromatic heterocycles. The fourth-order valence-corrected chi connectivity index (χ4v) is 3.56. The third-order valence-corrected chi connectivity index (χ3v) is 4.97. The maximum atomic E-state index is 12.1. The van der Waals surface area contributed by atoms with E-state index in [4.69, 9.17) is 5.11 Å². The number of sulfonamides is 1. The second-order valence-corrected chi connectivity index (χ2v) is 6.67. The first kappa shape index (κ1) is 15.0. The third kappa shape index (κ3) is 3.56. The molecule has 0 aliphatic heterocycles. The number of carboxylic acids is 1. The summed E-state index contributed by atoms with van der Waals surface area (Å²) in [6, 6.07) is 4.92. The van der Waals surface area contributed by atoms with Crippen LogP contribution in [0.25, 0.3) is 0 Å². The molecule has 0 radical (unpaired) electrons. The standard InChI is InChI=1S/C13H17NO5S/c15-11-5-3-10(4-6-11)14-20(18,19)12-7-1-9(2-8-12)13(16)17/h1-2,7-8,10-11,14-15H,3-6H2,(H,16,17). The Balaban J connectivity index is 2.08. The van der Waals surface area contributed by atoms with E-state index in [1.807, 2.05) is 0 Å². The lowest BCUT2D eigenvalue weighted by molar-refractivity contribution is 0.0696. The summed E-state index contributed by atoms with van der Waals surface area (Å²) in [6.45, 7) is 0. The Morgan fingerprint density at radius 3 is 2.15 bits per heavy atom. The molecule has 1 aliphatic carbocycles. The summed E-state index contributed by atoms with van der Waals surface area (Å²) in [5.74, 6) is -1.09. The highest BCUT2D eigenvalue weighted by Crippen LogP contribution is 2.20. The third-order valence-electron chi connectivity index (χ3n) is 3.43. The molecule has 6 nitrogen and oxygen atoms in total. The molecule has 7 heteroatoms. The van der Waals surface area contributed by atoms with E-state index in [-0.39, 0.29) is 22.6 Å². The van der Waals surface area contributed by atoms with Crippen LogP contribution in [-0.4, -0.2) is 36.7 Å². The molecule has 0 amide bonds. The number of carboxylic acid groups (broad SMARTS) is 1. The molecular weight excluding hydrogens is 282 g/mol. The first-order chi connectivity index (χ1) is 9.38. The minimum absolute atomic E-state index is 0.0461. The first-order valence-corrected chi connectivity index (χ1v) is 7.90. The molecule has 1 saturated carbocycles. The highest BCUT2D eigenvalue weighted by Gasteiger charge is 2.24. The zero-order chi connectivity index (χ0) is 14.8. The minimum atomic E-state index is -3.64. The van der Waals surface area contributed by atoms with Crippen molar-refractivity contribution in [1.29, 1.82) is 0 Å². The summed E-state index contributed by atoms with van der Waals surface area (Å²) in [4.78, 5) is 10.8. The van der Waals surface area contributed by atoms with E-state index >= 15 is 0 Å². The van der Waals surface area contributed by atoms with E-state index in [9.17, 15) is 18.3 Å². The monoisotopic (exact) mass is 299 g/mol. The van der Waals surface area contributed by atoms with Crippen molar-refractivity contribution in [2.75, 3.05) is 0 Å². The van der Waals surface area contributed by atoms with Crippen LogP contribution in [0.1, 0.15) is 36.0 Å². The van der Waals surface area contributed by atoms with Crippen LogP contribution in [0.5, 0.6) is 0 Å². The smallest absolute Gasteiger partial charge is 0.335 e. The van der Waals surface area contributed by atoms with E-state index < -0.39 is 16.0 Å². The van der Waals surface area contributed by atoms with Gasteiger partial charge < -0.3 is 10.2 Å². The van der Waals surface area contributed by atoms with Gasteiger partial charge in [0.15, 0.2) is 0 Å². The van der Waals surface area contributed by atoms with E-state index in [1.165, 1.54) is 24.3 Å². The summed E-state index contributed by atoms with van der Waals surface area (Å²) in [6.07, 6.45) is 2.04. The molecule has 20 heavy (non-hydrogen) atoms. The topological polar surface area (TPSA) is 104 Å². The van der Waals surface area contributed by atoms with Gasteiger partial charge >= 0.3 is 5.97 Å². The van der Waals surface area contributed by atoms with Crippen LogP contribution in [-0.2, 0) is 10.0 Å². The summed E-state index contributed by atoms with van der Waals surface area (Å²) in [5.41, 5.74) is 0.0461. The molecule has 1 fully saturated rings. The Morgan fingerprint density at radius 1 is 1.10 bits per heavy atom. The Hall–Kier alpha value is -1.44. The molecule has 1 aromatic rings. The summed E-state index contributed by atoms with van der Waals surface area (Å²) in [7, 11) is -3.64. The van der Waals surface area contributed by atoms with Crippen molar-refractivity contribution >= 4 is 16.0 Å². The quantitative estimate of drug-likeness (QED) is 0.768. The van der Waals surface area contributed by atoms with Crippen molar-refractivity contribution in [2.45, 2.75) is 42.7 Å². The molecule has 1 aliphatic rings. The average molecular weight is 299 g/mol. The van der Waals surface area contributed by atoms with Gasteiger partial charge in [0, 0.05) is 6.04 Å². The molecule has 0 spiro atoms. The lowest BCUT2D eigenvalue weighted by atomic mass is 9.94. The van der Waals surface area contributed by atoms with Gasteiger partial charge in [-0.3, -0.25) is 0 Å². The van der Waals surface area contributed by atoms with Crippen molar-refractivity contribution in [1.82, 2.24) is 4.72 Å². The number of benzene rings is 1. The fourth-order valence-electron chi connectivity index (χ4n) is 2.26. The van der Waals surface area contributed by atoms with E-state index in [0.717, 1.165) is 0 Å². The molecule has 110 valence electrons. The number of aliphatic hydroxyl groups is 1. The largest absolute Gasteiger partial charge is 0.478 e. The van der Waals surface area contributed by atoms with Crippen molar-refractivity contribution in [3.05, 3.63) is 29.8 Å². The minimum Gasteiger partial charge on any atom is -0.478 e. The fraction of sp³-hybridized carbons (Fsp3) is 0.462. The predicted molar refractivity (Wildman–Crippen MR) is 72.0 cm³/mol. The number of aliphatic hydroxyl groups excluding tert-OH is 1. The van der Waals surface area contributed by atoms with E-state index in [1.54, 1.807) is 0 Å². The van der Waals surface area contributed by atoms with E-state index in [0.29, 0.717) is 25.7 Å². The lowest BCUT2D eigenvalue weighted by Gasteiger charge is -2.25. The predicted octanol–water partition coefficient (Wildman–Crippen LogP) is 0.967. The van der Waals surface area contributed by atoms with Crippen molar-refractivity contribution in [3.8, 4) is 0 Å². The SMILES string of the molecule is O=C(O)c1ccc(S(=O)(=O)NC2CCC(O)CC2)cc1. The van der Waals surface area contributed by atoms with Crippen molar-refractivity contribution in [3.63, 3.8) is 0 Å².